The molecule has 2 unspecified atom stereocenters. The highest BCUT2D eigenvalue weighted by atomic mass is 32.1. The fraction of sp³-hybridized carbons (Fsp3) is 0.471. The van der Waals surface area contributed by atoms with Gasteiger partial charge in [-0.3, -0.25) is 4.90 Å². The third-order valence-corrected chi connectivity index (χ3v) is 5.20. The van der Waals surface area contributed by atoms with Crippen LogP contribution >= 0.6 is 11.3 Å². The van der Waals surface area contributed by atoms with E-state index in [4.69, 9.17) is 0 Å². The zero-order chi connectivity index (χ0) is 17.9. The molecule has 0 amide bonds. The third kappa shape index (κ3) is 4.71. The van der Waals surface area contributed by atoms with Crippen molar-refractivity contribution in [2.75, 3.05) is 25.0 Å². The summed E-state index contributed by atoms with van der Waals surface area (Å²) in [4.78, 5) is 5.88. The Morgan fingerprint density at radius 2 is 2.04 bits per heavy atom. The van der Waals surface area contributed by atoms with Crippen molar-refractivity contribution in [2.45, 2.75) is 25.2 Å². The van der Waals surface area contributed by atoms with Gasteiger partial charge >= 0.3 is 6.18 Å². The SMILES string of the molecule is OCC1CCN(Cc2ccccc2)CC1Nc1nc(C(F)(F)F)cs1. The zero-order valence-corrected chi connectivity index (χ0v) is 14.4. The molecule has 25 heavy (non-hydrogen) atoms. The van der Waals surface area contributed by atoms with Gasteiger partial charge in [0.1, 0.15) is 0 Å². The van der Waals surface area contributed by atoms with Crippen LogP contribution in [-0.2, 0) is 12.7 Å². The molecule has 0 bridgehead atoms. The number of aliphatic hydroxyl groups is 1. The van der Waals surface area contributed by atoms with Gasteiger partial charge in [0.2, 0.25) is 0 Å². The van der Waals surface area contributed by atoms with Gasteiger partial charge in [-0.1, -0.05) is 30.3 Å². The minimum Gasteiger partial charge on any atom is -0.396 e. The highest BCUT2D eigenvalue weighted by molar-refractivity contribution is 7.13. The van der Waals surface area contributed by atoms with Crippen LogP contribution in [0.1, 0.15) is 17.7 Å². The molecule has 0 spiro atoms. The average molecular weight is 371 g/mol. The van der Waals surface area contributed by atoms with Gasteiger partial charge in [0.15, 0.2) is 10.8 Å². The highest BCUT2D eigenvalue weighted by Gasteiger charge is 2.35. The largest absolute Gasteiger partial charge is 0.434 e. The number of aliphatic hydroxyl groups excluding tert-OH is 1. The predicted molar refractivity (Wildman–Crippen MR) is 91.4 cm³/mol. The molecule has 1 fully saturated rings. The van der Waals surface area contributed by atoms with E-state index in [1.807, 2.05) is 18.2 Å². The molecule has 4 nitrogen and oxygen atoms in total. The lowest BCUT2D eigenvalue weighted by molar-refractivity contribution is -0.140. The summed E-state index contributed by atoms with van der Waals surface area (Å²) in [6, 6.07) is 9.91. The zero-order valence-electron chi connectivity index (χ0n) is 13.5. The number of nitrogens with one attached hydrogen (secondary N) is 1. The van der Waals surface area contributed by atoms with Gasteiger partial charge in [-0.2, -0.15) is 13.2 Å². The van der Waals surface area contributed by atoms with E-state index < -0.39 is 11.9 Å². The third-order valence-electron chi connectivity index (χ3n) is 4.43. The number of likely N-dealkylation sites (tertiary alicyclic amines) is 1. The number of hydrogen-bond donors (Lipinski definition) is 2. The molecule has 8 heteroatoms. The maximum atomic E-state index is 12.7. The molecule has 136 valence electrons. The molecule has 1 aliphatic rings. The Morgan fingerprint density at radius 1 is 1.28 bits per heavy atom. The number of halogens is 3. The Balaban J connectivity index is 1.66. The Morgan fingerprint density at radius 3 is 2.68 bits per heavy atom. The van der Waals surface area contributed by atoms with Crippen LogP contribution in [-0.4, -0.2) is 40.7 Å². The first-order valence-electron chi connectivity index (χ1n) is 8.12. The summed E-state index contributed by atoms with van der Waals surface area (Å²) in [6.07, 6.45) is -3.64. The normalized spacial score (nSPS) is 22.1. The Hall–Kier alpha value is -1.64. The number of hydrogen-bond acceptors (Lipinski definition) is 5. The van der Waals surface area contributed by atoms with Crippen molar-refractivity contribution >= 4 is 16.5 Å². The smallest absolute Gasteiger partial charge is 0.396 e. The van der Waals surface area contributed by atoms with E-state index >= 15 is 0 Å². The lowest BCUT2D eigenvalue weighted by Crippen LogP contribution is -2.48. The van der Waals surface area contributed by atoms with Crippen LogP contribution in [0.15, 0.2) is 35.7 Å². The quantitative estimate of drug-likeness (QED) is 0.845. The van der Waals surface area contributed by atoms with Crippen LogP contribution in [0.4, 0.5) is 18.3 Å². The standard InChI is InChI=1S/C17H20F3N3OS/c18-17(19,20)15-11-25-16(22-15)21-14-9-23(7-6-13(14)10-24)8-12-4-2-1-3-5-12/h1-5,11,13-14,24H,6-10H2,(H,21,22). The van der Waals surface area contributed by atoms with Gasteiger partial charge in [0.05, 0.1) is 0 Å². The van der Waals surface area contributed by atoms with Crippen LogP contribution < -0.4 is 5.32 Å². The topological polar surface area (TPSA) is 48.4 Å². The maximum absolute atomic E-state index is 12.7. The Kier molecular flexibility index (Phi) is 5.61. The summed E-state index contributed by atoms with van der Waals surface area (Å²) in [5.74, 6) is 0.00487. The fourth-order valence-electron chi connectivity index (χ4n) is 3.06. The summed E-state index contributed by atoms with van der Waals surface area (Å²) in [7, 11) is 0. The van der Waals surface area contributed by atoms with Gasteiger partial charge in [0, 0.05) is 37.0 Å². The second kappa shape index (κ2) is 7.72. The highest BCUT2D eigenvalue weighted by Crippen LogP contribution is 2.32. The first-order valence-corrected chi connectivity index (χ1v) is 9.00. The first-order chi connectivity index (χ1) is 12.0. The Bertz CT molecular complexity index is 677. The van der Waals surface area contributed by atoms with E-state index in [9.17, 15) is 18.3 Å². The summed E-state index contributed by atoms with van der Waals surface area (Å²) in [5, 5.41) is 14.0. The number of rotatable bonds is 5. The molecule has 0 radical (unpaired) electrons. The van der Waals surface area contributed by atoms with Gasteiger partial charge in [-0.15, -0.1) is 11.3 Å². The van der Waals surface area contributed by atoms with E-state index in [2.05, 4.69) is 27.3 Å². The van der Waals surface area contributed by atoms with Crippen LogP contribution in [0.3, 0.4) is 0 Å². The van der Waals surface area contributed by atoms with Crippen LogP contribution in [0.2, 0.25) is 0 Å². The molecule has 3 rings (SSSR count). The molecule has 0 aliphatic carbocycles. The van der Waals surface area contributed by atoms with Gasteiger partial charge in [-0.25, -0.2) is 4.98 Å². The van der Waals surface area contributed by atoms with Gasteiger partial charge in [0.25, 0.3) is 0 Å². The Labute approximate surface area is 148 Å². The van der Waals surface area contributed by atoms with Crippen molar-refractivity contribution in [3.05, 3.63) is 47.0 Å². The number of benzene rings is 1. The molecule has 1 aromatic carbocycles. The van der Waals surface area contributed by atoms with Crippen molar-refractivity contribution in [1.29, 1.82) is 0 Å². The number of nitrogens with zero attached hydrogens (tertiary/aromatic N) is 2. The lowest BCUT2D eigenvalue weighted by Gasteiger charge is -2.38. The summed E-state index contributed by atoms with van der Waals surface area (Å²) < 4.78 is 38.1. The van der Waals surface area contributed by atoms with Gasteiger partial charge < -0.3 is 10.4 Å². The van der Waals surface area contributed by atoms with Crippen molar-refractivity contribution in [2.24, 2.45) is 5.92 Å². The average Bonchev–Trinajstić information content (AvgIpc) is 3.05. The number of piperidine rings is 1. The van der Waals surface area contributed by atoms with Crippen LogP contribution in [0.5, 0.6) is 0 Å². The monoisotopic (exact) mass is 371 g/mol. The fourth-order valence-corrected chi connectivity index (χ4v) is 3.84. The lowest BCUT2D eigenvalue weighted by atomic mass is 9.92. The van der Waals surface area contributed by atoms with Crippen molar-refractivity contribution in [3.8, 4) is 0 Å². The van der Waals surface area contributed by atoms with Crippen molar-refractivity contribution in [1.82, 2.24) is 9.88 Å². The summed E-state index contributed by atoms with van der Waals surface area (Å²) in [6.45, 7) is 2.29. The molecule has 2 atom stereocenters. The van der Waals surface area contributed by atoms with E-state index in [0.29, 0.717) is 6.54 Å². The van der Waals surface area contributed by atoms with E-state index in [0.717, 1.165) is 36.2 Å². The van der Waals surface area contributed by atoms with Crippen LogP contribution in [0.25, 0.3) is 0 Å². The van der Waals surface area contributed by atoms with Gasteiger partial charge in [-0.05, 0) is 18.5 Å². The minimum absolute atomic E-state index is 0.00487. The van der Waals surface area contributed by atoms with Crippen molar-refractivity contribution < 1.29 is 18.3 Å². The molecule has 0 saturated carbocycles. The second-order valence-corrected chi connectivity index (χ2v) is 7.10. The number of alkyl halides is 3. The molecule has 2 aromatic rings. The first kappa shape index (κ1) is 18.2. The van der Waals surface area contributed by atoms with Crippen LogP contribution in [0, 0.1) is 5.92 Å². The summed E-state index contributed by atoms with van der Waals surface area (Å²) in [5.41, 5.74) is 0.315. The molecule has 1 saturated heterocycles. The van der Waals surface area contributed by atoms with E-state index in [1.165, 1.54) is 5.56 Å². The molecule has 2 N–H and O–H groups in total. The number of aromatic nitrogens is 1. The summed E-state index contributed by atoms with van der Waals surface area (Å²) >= 11 is 0.945. The minimum atomic E-state index is -4.43. The second-order valence-electron chi connectivity index (χ2n) is 6.24. The predicted octanol–water partition coefficient (Wildman–Crippen LogP) is 3.46. The molecule has 1 aromatic heterocycles. The van der Waals surface area contributed by atoms with Crippen molar-refractivity contribution in [3.63, 3.8) is 0 Å². The molecular formula is C17H20F3N3OS. The number of anilines is 1. The van der Waals surface area contributed by atoms with E-state index in [1.54, 1.807) is 0 Å². The molecule has 1 aliphatic heterocycles. The molecule has 2 heterocycles. The molecular weight excluding hydrogens is 351 g/mol. The maximum Gasteiger partial charge on any atom is 0.434 e. The van der Waals surface area contributed by atoms with E-state index in [-0.39, 0.29) is 23.7 Å². The number of thiazole rings is 1.